The number of carbonyl (C=O) groups is 1. The summed E-state index contributed by atoms with van der Waals surface area (Å²) >= 11 is 0. The molecular formula is C22H15FN2O4. The summed E-state index contributed by atoms with van der Waals surface area (Å²) in [5, 5.41) is 9.54. The number of nitrogens with zero attached hydrogens (tertiary/aromatic N) is 1. The lowest BCUT2D eigenvalue weighted by Crippen LogP contribution is -2.21. The van der Waals surface area contributed by atoms with Gasteiger partial charge in [-0.1, -0.05) is 18.2 Å². The predicted molar refractivity (Wildman–Crippen MR) is 101 cm³/mol. The van der Waals surface area contributed by atoms with Crippen molar-refractivity contribution in [2.24, 2.45) is 5.73 Å². The minimum absolute atomic E-state index is 0.0587. The first kappa shape index (κ1) is 18.3. The summed E-state index contributed by atoms with van der Waals surface area (Å²) in [6.45, 7) is 1.80. The fourth-order valence-corrected chi connectivity index (χ4v) is 3.19. The lowest BCUT2D eigenvalue weighted by molar-refractivity contribution is 0.0729. The highest BCUT2D eigenvalue weighted by molar-refractivity contribution is 5.91. The Kier molecular flexibility index (Phi) is 4.53. The minimum Gasteiger partial charge on any atom is -0.465 e. The third-order valence-corrected chi connectivity index (χ3v) is 4.54. The van der Waals surface area contributed by atoms with Gasteiger partial charge in [-0.25, -0.2) is 9.18 Å². The highest BCUT2D eigenvalue weighted by Crippen LogP contribution is 2.43. The zero-order valence-electron chi connectivity index (χ0n) is 15.3. The molecule has 0 amide bonds. The molecule has 0 saturated carbocycles. The molecule has 1 aliphatic heterocycles. The highest BCUT2D eigenvalue weighted by Gasteiger charge is 2.33. The van der Waals surface area contributed by atoms with Crippen molar-refractivity contribution in [1.82, 2.24) is 0 Å². The molecule has 1 atom stereocenters. The molecule has 1 aliphatic rings. The number of carbonyl (C=O) groups excluding carboxylic acids is 1. The molecule has 2 aromatic carbocycles. The standard InChI is InChI=1S/C22H15FN2O4/c1-12-6-9-18(27-12)20-15-8-7-13(10-19(15)29-21(25)16(20)11-24)28-22(26)14-4-2-3-5-17(14)23/h2-10,20H,25H2,1H3. The maximum Gasteiger partial charge on any atom is 0.346 e. The van der Waals surface area contributed by atoms with Gasteiger partial charge in [-0.15, -0.1) is 0 Å². The van der Waals surface area contributed by atoms with Crippen molar-refractivity contribution in [1.29, 1.82) is 5.26 Å². The van der Waals surface area contributed by atoms with Gasteiger partial charge in [-0.05, 0) is 37.3 Å². The van der Waals surface area contributed by atoms with Crippen LogP contribution < -0.4 is 15.2 Å². The molecule has 1 aromatic heterocycles. The fourth-order valence-electron chi connectivity index (χ4n) is 3.19. The summed E-state index contributed by atoms with van der Waals surface area (Å²) in [4.78, 5) is 12.3. The lowest BCUT2D eigenvalue weighted by Gasteiger charge is -2.25. The van der Waals surface area contributed by atoms with Gasteiger partial charge in [0.05, 0.1) is 11.5 Å². The number of halogens is 1. The van der Waals surface area contributed by atoms with E-state index in [1.165, 1.54) is 24.3 Å². The summed E-state index contributed by atoms with van der Waals surface area (Å²) in [6, 6.07) is 15.8. The predicted octanol–water partition coefficient (Wildman–Crippen LogP) is 4.16. The Labute approximate surface area is 165 Å². The van der Waals surface area contributed by atoms with Gasteiger partial charge in [0.25, 0.3) is 0 Å². The van der Waals surface area contributed by atoms with Crippen LogP contribution in [0.15, 0.2) is 70.5 Å². The van der Waals surface area contributed by atoms with Crippen molar-refractivity contribution in [3.63, 3.8) is 0 Å². The van der Waals surface area contributed by atoms with Crippen LogP contribution >= 0.6 is 0 Å². The van der Waals surface area contributed by atoms with Crippen LogP contribution in [0.5, 0.6) is 11.5 Å². The van der Waals surface area contributed by atoms with Crippen LogP contribution in [0, 0.1) is 24.1 Å². The van der Waals surface area contributed by atoms with Crippen LogP contribution in [-0.4, -0.2) is 5.97 Å². The van der Waals surface area contributed by atoms with Gasteiger partial charge in [0.1, 0.15) is 40.5 Å². The molecule has 0 aliphatic carbocycles. The van der Waals surface area contributed by atoms with E-state index in [-0.39, 0.29) is 22.8 Å². The molecule has 0 radical (unpaired) electrons. The van der Waals surface area contributed by atoms with Crippen molar-refractivity contribution in [3.05, 3.63) is 94.5 Å². The molecule has 0 fully saturated rings. The van der Waals surface area contributed by atoms with Gasteiger partial charge < -0.3 is 19.6 Å². The molecule has 3 aromatic rings. The Hall–Kier alpha value is -4.05. The van der Waals surface area contributed by atoms with Crippen LogP contribution in [0.4, 0.5) is 4.39 Å². The van der Waals surface area contributed by atoms with E-state index >= 15 is 0 Å². The van der Waals surface area contributed by atoms with Crippen LogP contribution in [0.1, 0.15) is 33.4 Å². The van der Waals surface area contributed by atoms with Gasteiger partial charge in [-0.2, -0.15) is 5.26 Å². The zero-order chi connectivity index (χ0) is 20.5. The second-order valence-electron chi connectivity index (χ2n) is 6.44. The van der Waals surface area contributed by atoms with E-state index in [0.29, 0.717) is 22.8 Å². The molecule has 2 N–H and O–H groups in total. The number of rotatable bonds is 3. The summed E-state index contributed by atoms with van der Waals surface area (Å²) in [6.07, 6.45) is 0. The number of hydrogen-bond donors (Lipinski definition) is 1. The number of allylic oxidation sites excluding steroid dienone is 1. The van der Waals surface area contributed by atoms with Gasteiger partial charge in [0.15, 0.2) is 0 Å². The normalized spacial score (nSPS) is 15.3. The second kappa shape index (κ2) is 7.17. The Morgan fingerprint density at radius 2 is 2.00 bits per heavy atom. The SMILES string of the molecule is Cc1ccc(C2C(C#N)=C(N)Oc3cc(OC(=O)c4ccccc4F)ccc32)o1. The monoisotopic (exact) mass is 390 g/mol. The van der Waals surface area contributed by atoms with Gasteiger partial charge >= 0.3 is 5.97 Å². The average Bonchev–Trinajstić information content (AvgIpc) is 3.13. The number of aryl methyl sites for hydroxylation is 1. The summed E-state index contributed by atoms with van der Waals surface area (Å²) in [5.41, 5.74) is 6.62. The Morgan fingerprint density at radius 3 is 2.69 bits per heavy atom. The van der Waals surface area contributed by atoms with E-state index in [2.05, 4.69) is 6.07 Å². The molecule has 4 rings (SSSR count). The van der Waals surface area contributed by atoms with Crippen molar-refractivity contribution in [2.75, 3.05) is 0 Å². The van der Waals surface area contributed by atoms with E-state index in [9.17, 15) is 14.4 Å². The molecule has 7 heteroatoms. The second-order valence-corrected chi connectivity index (χ2v) is 6.44. The van der Waals surface area contributed by atoms with Crippen LogP contribution in [-0.2, 0) is 0 Å². The molecule has 1 unspecified atom stereocenters. The maximum absolute atomic E-state index is 13.8. The number of fused-ring (bicyclic) bond motifs is 1. The fraction of sp³-hybridized carbons (Fsp3) is 0.0909. The molecular weight excluding hydrogens is 375 g/mol. The summed E-state index contributed by atoms with van der Waals surface area (Å²) < 4.78 is 30.4. The number of nitriles is 1. The number of furan rings is 1. The first-order chi connectivity index (χ1) is 14.0. The van der Waals surface area contributed by atoms with Crippen molar-refractivity contribution >= 4 is 5.97 Å². The van der Waals surface area contributed by atoms with Crippen molar-refractivity contribution < 1.29 is 23.1 Å². The largest absolute Gasteiger partial charge is 0.465 e. The molecule has 29 heavy (non-hydrogen) atoms. The molecule has 6 nitrogen and oxygen atoms in total. The number of esters is 1. The number of ether oxygens (including phenoxy) is 2. The van der Waals surface area contributed by atoms with Crippen molar-refractivity contribution in [3.8, 4) is 17.6 Å². The van der Waals surface area contributed by atoms with Crippen LogP contribution in [0.3, 0.4) is 0 Å². The van der Waals surface area contributed by atoms with Gasteiger partial charge in [0, 0.05) is 11.6 Å². The smallest absolute Gasteiger partial charge is 0.346 e. The van der Waals surface area contributed by atoms with Gasteiger partial charge in [-0.3, -0.25) is 0 Å². The van der Waals surface area contributed by atoms with Crippen LogP contribution in [0.2, 0.25) is 0 Å². The molecule has 0 spiro atoms. The Morgan fingerprint density at radius 1 is 1.21 bits per heavy atom. The van der Waals surface area contributed by atoms with Gasteiger partial charge in [0.2, 0.25) is 5.88 Å². The molecule has 144 valence electrons. The van der Waals surface area contributed by atoms with E-state index < -0.39 is 17.7 Å². The first-order valence-electron chi connectivity index (χ1n) is 8.72. The maximum atomic E-state index is 13.8. The quantitative estimate of drug-likeness (QED) is 0.532. The number of benzene rings is 2. The number of nitrogens with two attached hydrogens (primary N) is 1. The van der Waals surface area contributed by atoms with E-state index in [0.717, 1.165) is 0 Å². The summed E-state index contributed by atoms with van der Waals surface area (Å²) in [7, 11) is 0. The summed E-state index contributed by atoms with van der Waals surface area (Å²) in [5.74, 6) is -0.407. The first-order valence-corrected chi connectivity index (χ1v) is 8.72. The van der Waals surface area contributed by atoms with E-state index in [4.69, 9.17) is 19.6 Å². The molecule has 0 saturated heterocycles. The Balaban J connectivity index is 1.70. The zero-order valence-corrected chi connectivity index (χ0v) is 15.3. The third-order valence-electron chi connectivity index (χ3n) is 4.54. The molecule has 0 bridgehead atoms. The van der Waals surface area contributed by atoms with E-state index in [1.54, 1.807) is 37.3 Å². The van der Waals surface area contributed by atoms with Crippen molar-refractivity contribution in [2.45, 2.75) is 12.8 Å². The Bertz CT molecular complexity index is 1190. The van der Waals surface area contributed by atoms with Crippen LogP contribution in [0.25, 0.3) is 0 Å². The topological polar surface area (TPSA) is 98.5 Å². The van der Waals surface area contributed by atoms with E-state index in [1.807, 2.05) is 0 Å². The highest BCUT2D eigenvalue weighted by atomic mass is 19.1. The molecule has 2 heterocycles. The number of hydrogen-bond acceptors (Lipinski definition) is 6. The minimum atomic E-state index is -0.835. The third kappa shape index (κ3) is 3.32. The lowest BCUT2D eigenvalue weighted by atomic mass is 9.87. The average molecular weight is 390 g/mol.